The number of likely N-dealkylation sites (tertiary alicyclic amines) is 1. The van der Waals surface area contributed by atoms with Crippen LogP contribution in [0.25, 0.3) is 0 Å². The third kappa shape index (κ3) is 4.20. The highest BCUT2D eigenvalue weighted by Gasteiger charge is 2.45. The minimum absolute atomic E-state index is 0.0411. The van der Waals surface area contributed by atoms with E-state index in [-0.39, 0.29) is 17.6 Å². The molecule has 0 unspecified atom stereocenters. The number of carboxylic acid groups (broad SMARTS) is 1. The van der Waals surface area contributed by atoms with Crippen molar-refractivity contribution >= 4 is 20.4 Å². The second-order valence-electron chi connectivity index (χ2n) is 7.03. The lowest BCUT2D eigenvalue weighted by Gasteiger charge is -2.40. The monoisotopic (exact) mass is 317 g/mol. The normalized spacial score (nSPS) is 23.2. The van der Waals surface area contributed by atoms with Gasteiger partial charge in [-0.2, -0.15) is 0 Å². The minimum Gasteiger partial charge on any atom is -0.469 e. The molecule has 1 heterocycles. The van der Waals surface area contributed by atoms with Gasteiger partial charge in [0.05, 0.1) is 25.7 Å². The lowest BCUT2D eigenvalue weighted by atomic mass is 10.1. The first-order chi connectivity index (χ1) is 9.49. The third-order valence-electron chi connectivity index (χ3n) is 4.59. The summed E-state index contributed by atoms with van der Waals surface area (Å²) in [6.45, 7) is 11.1. The summed E-state index contributed by atoms with van der Waals surface area (Å²) in [5, 5.41) is 9.32. The largest absolute Gasteiger partial charge is 0.469 e. The van der Waals surface area contributed by atoms with E-state index in [0.29, 0.717) is 13.0 Å². The van der Waals surface area contributed by atoms with Crippen LogP contribution in [0.2, 0.25) is 18.1 Å². The van der Waals surface area contributed by atoms with E-state index in [1.54, 1.807) is 0 Å². The van der Waals surface area contributed by atoms with Gasteiger partial charge in [-0.25, -0.2) is 4.79 Å². The second-order valence-corrected chi connectivity index (χ2v) is 11.8. The van der Waals surface area contributed by atoms with Crippen LogP contribution in [0.5, 0.6) is 0 Å². The van der Waals surface area contributed by atoms with Crippen molar-refractivity contribution in [3.63, 3.8) is 0 Å². The van der Waals surface area contributed by atoms with Crippen LogP contribution in [0.15, 0.2) is 0 Å². The standard InChI is InChI=1S/C14H27NO5Si/c1-14(2,3)21(5,6)20-11-7-8-15(13(17)18)10(11)9-12(16)19-4/h10-11H,7-9H2,1-6H3,(H,17,18)/t10-,11+/m1/s1. The first kappa shape index (κ1) is 18.0. The summed E-state index contributed by atoms with van der Waals surface area (Å²) in [7, 11) is -0.697. The molecule has 1 aliphatic rings. The molecule has 7 heteroatoms. The van der Waals surface area contributed by atoms with E-state index in [9.17, 15) is 14.7 Å². The molecule has 0 aromatic heterocycles. The summed E-state index contributed by atoms with van der Waals surface area (Å²) in [4.78, 5) is 24.2. The van der Waals surface area contributed by atoms with Crippen LogP contribution in [0.4, 0.5) is 4.79 Å². The molecule has 0 spiro atoms. The number of carbonyl (C=O) groups excluding carboxylic acids is 1. The van der Waals surface area contributed by atoms with Gasteiger partial charge in [0.1, 0.15) is 0 Å². The first-order valence-corrected chi connectivity index (χ1v) is 10.1. The number of carbonyl (C=O) groups is 2. The van der Waals surface area contributed by atoms with E-state index in [4.69, 9.17) is 4.43 Å². The lowest BCUT2D eigenvalue weighted by molar-refractivity contribution is -0.142. The van der Waals surface area contributed by atoms with E-state index < -0.39 is 26.4 Å². The Kier molecular flexibility index (Phi) is 5.44. The van der Waals surface area contributed by atoms with Crippen LogP contribution in [-0.4, -0.2) is 56.2 Å². The maximum Gasteiger partial charge on any atom is 0.407 e. The molecule has 1 rings (SSSR count). The van der Waals surface area contributed by atoms with E-state index in [1.807, 2.05) is 0 Å². The van der Waals surface area contributed by atoms with Crippen molar-refractivity contribution in [1.82, 2.24) is 4.90 Å². The molecule has 0 aromatic carbocycles. The summed E-state index contributed by atoms with van der Waals surface area (Å²) in [5.74, 6) is -0.406. The number of hydrogen-bond donors (Lipinski definition) is 1. The molecule has 0 radical (unpaired) electrons. The zero-order valence-electron chi connectivity index (χ0n) is 13.8. The molecule has 0 aliphatic carbocycles. The maximum atomic E-state index is 11.6. The van der Waals surface area contributed by atoms with Gasteiger partial charge >= 0.3 is 12.1 Å². The fraction of sp³-hybridized carbons (Fsp3) is 0.857. The van der Waals surface area contributed by atoms with Crippen LogP contribution >= 0.6 is 0 Å². The van der Waals surface area contributed by atoms with Gasteiger partial charge in [0, 0.05) is 6.54 Å². The second kappa shape index (κ2) is 6.35. The molecule has 1 saturated heterocycles. The molecule has 2 atom stereocenters. The number of esters is 1. The van der Waals surface area contributed by atoms with Crippen molar-refractivity contribution in [3.05, 3.63) is 0 Å². The van der Waals surface area contributed by atoms with Crippen molar-refractivity contribution in [2.45, 2.75) is 63.9 Å². The average Bonchev–Trinajstić information content (AvgIpc) is 2.70. The fourth-order valence-electron chi connectivity index (χ4n) is 2.25. The Balaban J connectivity index is 2.89. The molecular weight excluding hydrogens is 290 g/mol. The molecule has 122 valence electrons. The average molecular weight is 317 g/mol. The molecule has 0 bridgehead atoms. The quantitative estimate of drug-likeness (QED) is 0.637. The third-order valence-corrected chi connectivity index (χ3v) is 9.09. The van der Waals surface area contributed by atoms with Gasteiger partial charge in [0.25, 0.3) is 0 Å². The van der Waals surface area contributed by atoms with Crippen LogP contribution in [0.3, 0.4) is 0 Å². The molecule has 6 nitrogen and oxygen atoms in total. The molecule has 1 amide bonds. The predicted molar refractivity (Wildman–Crippen MR) is 81.8 cm³/mol. The number of rotatable bonds is 4. The Hall–Kier alpha value is -1.08. The van der Waals surface area contributed by atoms with E-state index in [2.05, 4.69) is 38.6 Å². The fourth-order valence-corrected chi connectivity index (χ4v) is 3.64. The highest BCUT2D eigenvalue weighted by molar-refractivity contribution is 6.74. The van der Waals surface area contributed by atoms with Gasteiger partial charge < -0.3 is 19.2 Å². The van der Waals surface area contributed by atoms with Gasteiger partial charge in [-0.15, -0.1) is 0 Å². The van der Waals surface area contributed by atoms with Crippen molar-refractivity contribution in [2.75, 3.05) is 13.7 Å². The SMILES string of the molecule is COC(=O)C[C@@H]1[C@@H](O[Si](C)(C)C(C)(C)C)CCN1C(=O)O. The van der Waals surface area contributed by atoms with Crippen LogP contribution in [0, 0.1) is 0 Å². The highest BCUT2D eigenvalue weighted by atomic mass is 28.4. The summed E-state index contributed by atoms with van der Waals surface area (Å²) in [6.07, 6.45) is -0.575. The summed E-state index contributed by atoms with van der Waals surface area (Å²) >= 11 is 0. The number of nitrogens with zero attached hydrogens (tertiary/aromatic N) is 1. The number of methoxy groups -OCH3 is 1. The Morgan fingerprint density at radius 2 is 1.90 bits per heavy atom. The summed E-state index contributed by atoms with van der Waals surface area (Å²) in [6, 6.07) is -0.455. The summed E-state index contributed by atoms with van der Waals surface area (Å²) < 4.78 is 11.0. The van der Waals surface area contributed by atoms with Crippen molar-refractivity contribution < 1.29 is 23.9 Å². The molecule has 21 heavy (non-hydrogen) atoms. The minimum atomic E-state index is -2.01. The van der Waals surface area contributed by atoms with E-state index in [1.165, 1.54) is 12.0 Å². The van der Waals surface area contributed by atoms with E-state index >= 15 is 0 Å². The molecule has 0 aromatic rings. The molecule has 1 aliphatic heterocycles. The van der Waals surface area contributed by atoms with Gasteiger partial charge in [-0.1, -0.05) is 20.8 Å². The molecule has 1 fully saturated rings. The zero-order chi connectivity index (χ0) is 16.4. The number of ether oxygens (including phenoxy) is 1. The van der Waals surface area contributed by atoms with Gasteiger partial charge in [0.15, 0.2) is 8.32 Å². The van der Waals surface area contributed by atoms with Gasteiger partial charge in [0.2, 0.25) is 0 Å². The van der Waals surface area contributed by atoms with Crippen LogP contribution < -0.4 is 0 Å². The van der Waals surface area contributed by atoms with Crippen molar-refractivity contribution in [2.24, 2.45) is 0 Å². The van der Waals surface area contributed by atoms with Crippen LogP contribution in [-0.2, 0) is 14.0 Å². The summed E-state index contributed by atoms with van der Waals surface area (Å²) in [5.41, 5.74) is 0. The Bertz CT molecular complexity index is 405. The smallest absolute Gasteiger partial charge is 0.407 e. The Morgan fingerprint density at radius 1 is 1.33 bits per heavy atom. The predicted octanol–water partition coefficient (Wildman–Crippen LogP) is 2.69. The Labute approximate surface area is 127 Å². The lowest BCUT2D eigenvalue weighted by Crippen LogP contribution is -2.49. The van der Waals surface area contributed by atoms with Gasteiger partial charge in [-0.05, 0) is 24.6 Å². The number of hydrogen-bond acceptors (Lipinski definition) is 4. The number of amides is 1. The van der Waals surface area contributed by atoms with Gasteiger partial charge in [-0.3, -0.25) is 4.79 Å². The van der Waals surface area contributed by atoms with Crippen molar-refractivity contribution in [1.29, 1.82) is 0 Å². The zero-order valence-corrected chi connectivity index (χ0v) is 14.8. The van der Waals surface area contributed by atoms with Crippen LogP contribution in [0.1, 0.15) is 33.6 Å². The molecule has 1 N–H and O–H groups in total. The highest BCUT2D eigenvalue weighted by Crippen LogP contribution is 2.39. The topological polar surface area (TPSA) is 76.1 Å². The first-order valence-electron chi connectivity index (χ1n) is 7.24. The van der Waals surface area contributed by atoms with Crippen molar-refractivity contribution in [3.8, 4) is 0 Å². The maximum absolute atomic E-state index is 11.6. The Morgan fingerprint density at radius 3 is 2.33 bits per heavy atom. The molecular formula is C14H27NO5Si. The van der Waals surface area contributed by atoms with E-state index in [0.717, 1.165) is 0 Å². The molecule has 0 saturated carbocycles.